The Morgan fingerprint density at radius 2 is 0.455 bits per heavy atom. The van der Waals surface area contributed by atoms with Crippen molar-refractivity contribution in [3.63, 3.8) is 0 Å². The summed E-state index contributed by atoms with van der Waals surface area (Å²) in [6, 6.07) is 0. The molecule has 0 radical (unpaired) electrons. The maximum atomic E-state index is 4.91. The van der Waals surface area contributed by atoms with Crippen LogP contribution in [0.2, 0.25) is 0 Å². The second-order valence-corrected chi connectivity index (χ2v) is 12.9. The first-order chi connectivity index (χ1) is 2.45. The Bertz CT molecular complexity index is 73.1. The van der Waals surface area contributed by atoms with Crippen LogP contribution in [0.4, 0.5) is 0 Å². The molecule has 0 heterocycles. The minimum absolute atomic E-state index is 0. The first kappa shape index (κ1) is 29.4. The molecule has 0 aliphatic carbocycles. The van der Waals surface area contributed by atoms with Crippen LogP contribution in [0.1, 0.15) is 0 Å². The quantitative estimate of drug-likeness (QED) is 0.261. The van der Waals surface area contributed by atoms with Gasteiger partial charge in [-0.3, -0.25) is 0 Å². The number of nitrogens with two attached hydrogens (primary N) is 6. The summed E-state index contributed by atoms with van der Waals surface area (Å²) in [5.41, 5.74) is 0. The molecule has 0 saturated heterocycles. The van der Waals surface area contributed by atoms with Crippen molar-refractivity contribution in [3.8, 4) is 0 Å². The van der Waals surface area contributed by atoms with Crippen molar-refractivity contribution >= 4 is 49.6 Å². The molecule has 11 heteroatoms. The number of hydrogen-bond donors (Lipinski definition) is 6. The van der Waals surface area contributed by atoms with E-state index in [1.807, 2.05) is 0 Å². The standard InChI is InChI=1S/4ClH.6H2N.Pt/h4*1H;6*1H2;/q;;;;6*-1;+6. The summed E-state index contributed by atoms with van der Waals surface area (Å²) in [6.45, 7) is 0. The third-order valence-electron chi connectivity index (χ3n) is 0. The fourth-order valence-corrected chi connectivity index (χ4v) is 0. The van der Waals surface area contributed by atoms with Gasteiger partial charge >= 0.3 is 40.8 Å². The fraction of sp³-hybridized carbons (Fsp3) is 0. The Balaban J connectivity index is -0.0000000300. The van der Waals surface area contributed by atoms with Gasteiger partial charge in [-0.15, -0.1) is 49.6 Å². The molecule has 0 aliphatic heterocycles. The van der Waals surface area contributed by atoms with Gasteiger partial charge in [-0.25, -0.2) is 0 Å². The SMILES string of the molecule is Cl.Cl.Cl.Cl.[NH2][Pt]([NH2])([NH2])([NH2])([NH2])[NH2]. The van der Waals surface area contributed by atoms with Crippen molar-refractivity contribution in [1.82, 2.24) is 0 Å². The number of halogens is 4. The van der Waals surface area contributed by atoms with Crippen LogP contribution in [0.25, 0.3) is 0 Å². The van der Waals surface area contributed by atoms with Crippen molar-refractivity contribution in [2.24, 2.45) is 25.8 Å². The summed E-state index contributed by atoms with van der Waals surface area (Å²) in [5, 5.41) is 0. The molecule has 0 saturated carbocycles. The van der Waals surface area contributed by atoms with Gasteiger partial charge in [0.25, 0.3) is 0 Å². The molecule has 0 aromatic carbocycles. The molecule has 6 nitrogen and oxygen atoms in total. The van der Waals surface area contributed by atoms with Crippen molar-refractivity contribution in [3.05, 3.63) is 0 Å². The second-order valence-electron chi connectivity index (χ2n) is 1.58. The zero-order valence-corrected chi connectivity index (χ0v) is 11.0. The van der Waals surface area contributed by atoms with Gasteiger partial charge in [-0.1, -0.05) is 0 Å². The average Bonchev–Trinajstić information content (AvgIpc) is 0.592. The fourth-order valence-electron chi connectivity index (χ4n) is 0. The molecular formula is H16Cl4N6Pt. The number of hydrogen-bond acceptors (Lipinski definition) is 6. The molecule has 0 aromatic heterocycles. The molecule has 0 rings (SSSR count). The van der Waals surface area contributed by atoms with E-state index >= 15 is 0 Å². The summed E-state index contributed by atoms with van der Waals surface area (Å²) < 4.78 is 29.5. The van der Waals surface area contributed by atoms with Crippen molar-refractivity contribution in [2.75, 3.05) is 0 Å². The molecule has 11 heavy (non-hydrogen) atoms. The molecule has 12 N–H and O–H groups in total. The molecule has 84 valence electrons. The first-order valence-corrected chi connectivity index (χ1v) is 8.97. The summed E-state index contributed by atoms with van der Waals surface area (Å²) in [4.78, 5) is 0. The van der Waals surface area contributed by atoms with Crippen LogP contribution < -0.4 is 25.8 Å². The minimum atomic E-state index is -5.12. The molecule has 0 bridgehead atoms. The molecule has 0 aromatic rings. The molecule has 0 aliphatic rings. The van der Waals surface area contributed by atoms with Crippen LogP contribution in [0.3, 0.4) is 0 Å². The van der Waals surface area contributed by atoms with Gasteiger partial charge in [-0.2, -0.15) is 0 Å². The molecule has 0 spiro atoms. The topological polar surface area (TPSA) is 156 Å². The summed E-state index contributed by atoms with van der Waals surface area (Å²) >= 11 is -5.12. The number of rotatable bonds is 0. The zero-order chi connectivity index (χ0) is 6.41. The maximum absolute atomic E-state index is 5.12. The Labute approximate surface area is 90.0 Å². The Morgan fingerprint density at radius 1 is 0.455 bits per heavy atom. The Morgan fingerprint density at radius 3 is 0.455 bits per heavy atom. The van der Waals surface area contributed by atoms with Crippen molar-refractivity contribution in [1.29, 1.82) is 0 Å². The Hall–Kier alpha value is 1.61. The molecule has 0 unspecified atom stereocenters. The molecular weight excluding hydrogens is 421 g/mol. The van der Waals surface area contributed by atoms with Gasteiger partial charge < -0.3 is 0 Å². The normalized spacial score (nSPS) is 14.7. The molecule has 0 fully saturated rings. The third kappa shape index (κ3) is 414. The van der Waals surface area contributed by atoms with Crippen LogP contribution >= 0.6 is 49.6 Å². The Kier molecular flexibility index (Phi) is 12.6. The van der Waals surface area contributed by atoms with E-state index in [1.54, 1.807) is 0 Å². The van der Waals surface area contributed by atoms with Crippen LogP contribution in [0.5, 0.6) is 0 Å². The van der Waals surface area contributed by atoms with Gasteiger partial charge in [0, 0.05) is 0 Å². The van der Waals surface area contributed by atoms with E-state index in [4.69, 9.17) is 25.8 Å². The van der Waals surface area contributed by atoms with Gasteiger partial charge in [0.1, 0.15) is 0 Å². The van der Waals surface area contributed by atoms with Gasteiger partial charge in [0.05, 0.1) is 0 Å². The van der Waals surface area contributed by atoms with E-state index in [0.29, 0.717) is 0 Å². The van der Waals surface area contributed by atoms with Crippen LogP contribution in [-0.2, 0) is 15.1 Å². The second kappa shape index (κ2) is 4.74. The van der Waals surface area contributed by atoms with E-state index in [2.05, 4.69) is 0 Å². The first-order valence-electron chi connectivity index (χ1n) is 1.10. The van der Waals surface area contributed by atoms with Crippen molar-refractivity contribution < 1.29 is 15.1 Å². The molecule has 0 amide bonds. The summed E-state index contributed by atoms with van der Waals surface area (Å²) in [6.07, 6.45) is 0. The average molecular weight is 437 g/mol. The van der Waals surface area contributed by atoms with Gasteiger partial charge in [-0.05, 0) is 0 Å². The van der Waals surface area contributed by atoms with Crippen LogP contribution in [-0.4, -0.2) is 0 Å². The van der Waals surface area contributed by atoms with E-state index < -0.39 is 15.1 Å². The van der Waals surface area contributed by atoms with E-state index in [1.165, 1.54) is 0 Å². The third-order valence-corrected chi connectivity index (χ3v) is 0. The van der Waals surface area contributed by atoms with Gasteiger partial charge in [0.2, 0.25) is 0 Å². The van der Waals surface area contributed by atoms with Crippen LogP contribution in [0.15, 0.2) is 0 Å². The monoisotopic (exact) mass is 435 g/mol. The van der Waals surface area contributed by atoms with Gasteiger partial charge in [0.15, 0.2) is 0 Å². The van der Waals surface area contributed by atoms with E-state index in [9.17, 15) is 0 Å². The van der Waals surface area contributed by atoms with Crippen LogP contribution in [0, 0.1) is 0 Å². The van der Waals surface area contributed by atoms with E-state index in [0.717, 1.165) is 0 Å². The predicted octanol–water partition coefficient (Wildman–Crippen LogP) is -1.86. The van der Waals surface area contributed by atoms with E-state index in [-0.39, 0.29) is 49.6 Å². The molecule has 0 atom stereocenters. The summed E-state index contributed by atoms with van der Waals surface area (Å²) in [7, 11) is 0. The predicted molar refractivity (Wildman–Crippen MR) is 54.1 cm³/mol. The zero-order valence-electron chi connectivity index (χ0n) is 5.41. The summed E-state index contributed by atoms with van der Waals surface area (Å²) in [5.74, 6) is 0. The van der Waals surface area contributed by atoms with Crippen molar-refractivity contribution in [2.45, 2.75) is 0 Å².